The summed E-state index contributed by atoms with van der Waals surface area (Å²) in [5.41, 5.74) is -0.558. The van der Waals surface area contributed by atoms with Gasteiger partial charge in [-0.15, -0.1) is 6.42 Å². The number of nitrogens with zero attached hydrogens (tertiary/aromatic N) is 5. The van der Waals surface area contributed by atoms with Gasteiger partial charge in [-0.25, -0.2) is 13.2 Å². The molecule has 0 bridgehead atoms. The van der Waals surface area contributed by atoms with Crippen molar-refractivity contribution in [1.82, 2.24) is 19.9 Å². The van der Waals surface area contributed by atoms with E-state index in [0.717, 1.165) is 19.4 Å². The number of pyridine rings is 1. The van der Waals surface area contributed by atoms with E-state index in [0.29, 0.717) is 55.5 Å². The van der Waals surface area contributed by atoms with Gasteiger partial charge in [0.2, 0.25) is 0 Å². The van der Waals surface area contributed by atoms with E-state index < -0.39 is 30.5 Å². The van der Waals surface area contributed by atoms with Crippen LogP contribution in [0, 0.1) is 24.0 Å². The fourth-order valence-electron chi connectivity index (χ4n) is 7.61. The van der Waals surface area contributed by atoms with Crippen LogP contribution in [-0.2, 0) is 4.57 Å². The molecule has 8 nitrogen and oxygen atoms in total. The number of piperidine rings is 1. The number of fused-ring (bicyclic) bond motifs is 3. The van der Waals surface area contributed by atoms with Crippen LogP contribution in [0.2, 0.25) is 0 Å². The number of rotatable bonds is 6. The first-order valence-corrected chi connectivity index (χ1v) is 18.2. The molecular weight excluding hydrogens is 614 g/mol. The molecule has 3 saturated heterocycles. The van der Waals surface area contributed by atoms with Gasteiger partial charge in [0.1, 0.15) is 41.4 Å². The van der Waals surface area contributed by atoms with Crippen LogP contribution in [0.15, 0.2) is 30.5 Å². The van der Waals surface area contributed by atoms with Gasteiger partial charge in [0, 0.05) is 48.9 Å². The highest BCUT2D eigenvalue weighted by Gasteiger charge is 2.49. The van der Waals surface area contributed by atoms with Crippen LogP contribution in [0.3, 0.4) is 0 Å². The second kappa shape index (κ2) is 11.4. The number of hydrogen-bond donors (Lipinski definition) is 1. The Morgan fingerprint density at radius 2 is 1.96 bits per heavy atom. The molecule has 2 aromatic heterocycles. The van der Waals surface area contributed by atoms with E-state index in [1.165, 1.54) is 30.5 Å². The first-order valence-electron chi connectivity index (χ1n) is 15.6. The molecule has 3 aliphatic heterocycles. The van der Waals surface area contributed by atoms with E-state index in [2.05, 4.69) is 20.8 Å². The molecule has 5 heterocycles. The zero-order valence-corrected chi connectivity index (χ0v) is 26.7. The molecule has 0 spiro atoms. The minimum absolute atomic E-state index is 0.0445. The molecule has 2 atom stereocenters. The van der Waals surface area contributed by atoms with E-state index in [1.807, 2.05) is 4.90 Å². The summed E-state index contributed by atoms with van der Waals surface area (Å²) in [6.45, 7) is 6.03. The number of benzene rings is 2. The molecule has 4 aromatic rings. The Morgan fingerprint density at radius 1 is 1.17 bits per heavy atom. The first kappa shape index (κ1) is 30.8. The van der Waals surface area contributed by atoms with Crippen LogP contribution in [0.5, 0.6) is 11.8 Å². The van der Waals surface area contributed by atoms with Crippen LogP contribution >= 0.6 is 7.14 Å². The number of terminal acetylenes is 1. The van der Waals surface area contributed by atoms with Crippen LogP contribution in [0.25, 0.3) is 32.9 Å². The normalized spacial score (nSPS) is 22.4. The highest BCUT2D eigenvalue weighted by Crippen LogP contribution is 2.48. The fraction of sp³-hybridized carbons (Fsp3) is 0.441. The summed E-state index contributed by atoms with van der Waals surface area (Å²) >= 11 is 0. The van der Waals surface area contributed by atoms with Gasteiger partial charge in [0.15, 0.2) is 5.82 Å². The van der Waals surface area contributed by atoms with Crippen molar-refractivity contribution in [3.05, 3.63) is 47.7 Å². The number of aromatic hydroxyl groups is 1. The lowest BCUT2D eigenvalue weighted by atomic mass is 9.95. The monoisotopic (exact) mass is 649 g/mol. The van der Waals surface area contributed by atoms with Gasteiger partial charge in [-0.2, -0.15) is 9.97 Å². The largest absolute Gasteiger partial charge is 0.508 e. The summed E-state index contributed by atoms with van der Waals surface area (Å²) in [7, 11) is -2.29. The summed E-state index contributed by atoms with van der Waals surface area (Å²) in [6.07, 6.45) is 9.65. The second-order valence-corrected chi connectivity index (χ2v) is 16.8. The lowest BCUT2D eigenvalue weighted by Gasteiger charge is -2.35. The number of phenolic OH excluding ortho intramolecular Hbond substituents is 1. The van der Waals surface area contributed by atoms with Crippen molar-refractivity contribution >= 4 is 34.6 Å². The third-order valence-electron chi connectivity index (χ3n) is 9.97. The van der Waals surface area contributed by atoms with Crippen molar-refractivity contribution in [2.45, 2.75) is 49.5 Å². The van der Waals surface area contributed by atoms with E-state index in [-0.39, 0.29) is 51.7 Å². The van der Waals surface area contributed by atoms with Gasteiger partial charge in [0.25, 0.3) is 0 Å². The molecule has 0 saturated carbocycles. The second-order valence-electron chi connectivity index (χ2n) is 13.2. The molecule has 46 heavy (non-hydrogen) atoms. The molecule has 7 rings (SSSR count). The van der Waals surface area contributed by atoms with E-state index in [1.54, 1.807) is 13.3 Å². The maximum atomic E-state index is 16.8. The highest BCUT2D eigenvalue weighted by atomic mass is 31.2. The number of alkyl halides is 1. The predicted molar refractivity (Wildman–Crippen MR) is 173 cm³/mol. The Balaban J connectivity index is 1.35. The minimum atomic E-state index is -2.29. The van der Waals surface area contributed by atoms with Gasteiger partial charge in [-0.1, -0.05) is 12.0 Å². The van der Waals surface area contributed by atoms with Gasteiger partial charge in [-0.3, -0.25) is 9.88 Å². The smallest absolute Gasteiger partial charge is 0.319 e. The van der Waals surface area contributed by atoms with Crippen LogP contribution in [0.1, 0.15) is 37.7 Å². The Labute approximate surface area is 265 Å². The molecule has 0 aliphatic carbocycles. The molecule has 12 heteroatoms. The number of phenols is 1. The van der Waals surface area contributed by atoms with Crippen LogP contribution in [-0.4, -0.2) is 88.4 Å². The zero-order chi connectivity index (χ0) is 32.4. The third kappa shape index (κ3) is 5.26. The molecule has 2 aromatic carbocycles. The Bertz CT molecular complexity index is 1950. The van der Waals surface area contributed by atoms with Crippen molar-refractivity contribution in [2.75, 3.05) is 51.0 Å². The van der Waals surface area contributed by atoms with Gasteiger partial charge < -0.3 is 19.3 Å². The number of aromatic nitrogens is 3. The zero-order valence-electron chi connectivity index (χ0n) is 25.8. The summed E-state index contributed by atoms with van der Waals surface area (Å²) in [5, 5.41) is 11.5. The summed E-state index contributed by atoms with van der Waals surface area (Å²) in [4.78, 5) is 17.8. The molecule has 0 amide bonds. The molecule has 0 unspecified atom stereocenters. The molecule has 0 radical (unpaired) electrons. The Hall–Kier alpha value is -3.87. The molecular formula is C34H35F3N5O3P. The SMILES string of the molecule is C#Cc1c(F)ccc2cc(O)cc(-c3ncc4c(N5CCC(P(C)(C)=O)CC5)nc(OC[C@@]56CCCN5C[C@H](F)C6)nc4c3F)c12. The summed E-state index contributed by atoms with van der Waals surface area (Å²) < 4.78 is 65.0. The summed E-state index contributed by atoms with van der Waals surface area (Å²) in [5.74, 6) is 1.16. The lowest BCUT2D eigenvalue weighted by molar-refractivity contribution is 0.107. The van der Waals surface area contributed by atoms with E-state index in [9.17, 15) is 18.5 Å². The van der Waals surface area contributed by atoms with Gasteiger partial charge >= 0.3 is 6.01 Å². The van der Waals surface area contributed by atoms with Crippen molar-refractivity contribution in [3.63, 3.8) is 0 Å². The number of anilines is 1. The van der Waals surface area contributed by atoms with Gasteiger partial charge in [-0.05, 0) is 69.1 Å². The molecule has 3 aliphatic rings. The fourth-order valence-corrected chi connectivity index (χ4v) is 9.09. The van der Waals surface area contributed by atoms with Crippen molar-refractivity contribution < 1.29 is 27.6 Å². The number of ether oxygens (including phenoxy) is 1. The maximum Gasteiger partial charge on any atom is 0.319 e. The minimum Gasteiger partial charge on any atom is -0.508 e. The number of hydrogen-bond acceptors (Lipinski definition) is 8. The van der Waals surface area contributed by atoms with Crippen LogP contribution < -0.4 is 9.64 Å². The van der Waals surface area contributed by atoms with Gasteiger partial charge in [0.05, 0.1) is 23.6 Å². The van der Waals surface area contributed by atoms with Crippen molar-refractivity contribution in [3.8, 4) is 35.4 Å². The standard InChI is InChI=1S/C34H35F3N5O3P/c1-4-24-27(36)7-6-20-14-22(43)15-25(28(20)24)30-29(37)31-26(17-38-30)32(41-12-8-23(9-13-41)46(2,3)44)40-33(39-31)45-19-34-10-5-11-42(34)18-21(35)16-34/h1,6-7,14-15,17,21,23,43H,5,8-13,16,18-19H2,2-3H3/t21-,34+/m1/s1. The van der Waals surface area contributed by atoms with Crippen molar-refractivity contribution in [2.24, 2.45) is 0 Å². The van der Waals surface area contributed by atoms with Crippen LogP contribution in [0.4, 0.5) is 19.0 Å². The first-order chi connectivity index (χ1) is 22.0. The highest BCUT2D eigenvalue weighted by molar-refractivity contribution is 7.63. The summed E-state index contributed by atoms with van der Waals surface area (Å²) in [6, 6.07) is 5.35. The van der Waals surface area contributed by atoms with Crippen molar-refractivity contribution in [1.29, 1.82) is 0 Å². The predicted octanol–water partition coefficient (Wildman–Crippen LogP) is 6.36. The third-order valence-corrected chi connectivity index (χ3v) is 12.2. The number of halogens is 3. The average Bonchev–Trinajstić information content (AvgIpc) is 3.55. The maximum absolute atomic E-state index is 16.8. The molecule has 1 N–H and O–H groups in total. The van der Waals surface area contributed by atoms with E-state index >= 15 is 4.39 Å². The average molecular weight is 650 g/mol. The Kier molecular flexibility index (Phi) is 7.64. The quantitative estimate of drug-likeness (QED) is 0.191. The Morgan fingerprint density at radius 3 is 2.70 bits per heavy atom. The topological polar surface area (TPSA) is 91.7 Å². The molecule has 240 valence electrons. The molecule has 3 fully saturated rings. The van der Waals surface area contributed by atoms with E-state index in [4.69, 9.17) is 16.1 Å². The lowest BCUT2D eigenvalue weighted by Crippen LogP contribution is -2.43.